The zero-order valence-corrected chi connectivity index (χ0v) is 14.3. The minimum Gasteiger partial charge on any atom is -0.354 e. The highest BCUT2D eigenvalue weighted by Crippen LogP contribution is 2.26. The lowest BCUT2D eigenvalue weighted by Gasteiger charge is -2.36. The van der Waals surface area contributed by atoms with Crippen molar-refractivity contribution >= 4 is 27.4 Å². The molecule has 2 aromatic heterocycles. The second-order valence-corrected chi connectivity index (χ2v) is 7.16. The van der Waals surface area contributed by atoms with E-state index in [-0.39, 0.29) is 6.04 Å². The summed E-state index contributed by atoms with van der Waals surface area (Å²) < 4.78 is 1.21. The van der Waals surface area contributed by atoms with Crippen molar-refractivity contribution in [3.63, 3.8) is 0 Å². The molecule has 1 saturated heterocycles. The fourth-order valence-corrected chi connectivity index (χ4v) is 4.07. The summed E-state index contributed by atoms with van der Waals surface area (Å²) in [5, 5.41) is 1.03. The van der Waals surface area contributed by atoms with E-state index in [1.165, 1.54) is 4.70 Å². The van der Waals surface area contributed by atoms with Gasteiger partial charge in [-0.25, -0.2) is 9.97 Å². The summed E-state index contributed by atoms with van der Waals surface area (Å²) in [6, 6.07) is 14.3. The third kappa shape index (κ3) is 3.26. The van der Waals surface area contributed by atoms with E-state index in [1.54, 1.807) is 11.3 Å². The third-order valence-electron chi connectivity index (χ3n) is 4.43. The Morgan fingerprint density at radius 3 is 2.58 bits per heavy atom. The highest BCUT2D eigenvalue weighted by molar-refractivity contribution is 7.18. The predicted octanol–water partition coefficient (Wildman–Crippen LogP) is 2.51. The summed E-state index contributed by atoms with van der Waals surface area (Å²) >= 11 is 1.71. The van der Waals surface area contributed by atoms with Crippen molar-refractivity contribution in [3.05, 3.63) is 53.7 Å². The Labute approximate surface area is 145 Å². The molecule has 124 valence electrons. The summed E-state index contributed by atoms with van der Waals surface area (Å²) in [4.78, 5) is 13.9. The summed E-state index contributed by atoms with van der Waals surface area (Å²) in [5.74, 6) is 1.06. The van der Waals surface area contributed by atoms with Crippen molar-refractivity contribution in [3.8, 4) is 0 Å². The molecule has 1 unspecified atom stereocenters. The van der Waals surface area contributed by atoms with E-state index >= 15 is 0 Å². The number of thiazole rings is 1. The normalized spacial score (nSPS) is 17.3. The molecule has 6 heteroatoms. The first-order chi connectivity index (χ1) is 11.8. The van der Waals surface area contributed by atoms with Crippen molar-refractivity contribution in [2.75, 3.05) is 37.6 Å². The van der Waals surface area contributed by atoms with E-state index in [9.17, 15) is 0 Å². The summed E-state index contributed by atoms with van der Waals surface area (Å²) in [7, 11) is 0. The molecule has 0 radical (unpaired) electrons. The highest BCUT2D eigenvalue weighted by atomic mass is 32.1. The molecule has 5 nitrogen and oxygen atoms in total. The standard InChI is InChI=1S/C18H21N5S/c19-14(18-21-15-5-1-2-6-16(15)24-18)13-22-9-11-23(12-10-22)17-7-3-4-8-20-17/h1-8,14H,9-13,19H2. The van der Waals surface area contributed by atoms with Gasteiger partial charge >= 0.3 is 0 Å². The Morgan fingerprint density at radius 1 is 1.04 bits per heavy atom. The van der Waals surface area contributed by atoms with Gasteiger partial charge in [0, 0.05) is 38.9 Å². The first-order valence-electron chi connectivity index (χ1n) is 8.29. The van der Waals surface area contributed by atoms with Gasteiger partial charge < -0.3 is 10.6 Å². The van der Waals surface area contributed by atoms with Gasteiger partial charge in [-0.15, -0.1) is 11.3 Å². The third-order valence-corrected chi connectivity index (χ3v) is 5.60. The average molecular weight is 339 g/mol. The number of pyridine rings is 1. The van der Waals surface area contributed by atoms with Crippen LogP contribution < -0.4 is 10.6 Å². The van der Waals surface area contributed by atoms with Crippen molar-refractivity contribution < 1.29 is 0 Å². The van der Waals surface area contributed by atoms with E-state index in [4.69, 9.17) is 5.73 Å². The number of anilines is 1. The number of hydrogen-bond donors (Lipinski definition) is 1. The van der Waals surface area contributed by atoms with Gasteiger partial charge in [0.2, 0.25) is 0 Å². The van der Waals surface area contributed by atoms with Crippen LogP contribution in [0.5, 0.6) is 0 Å². The Balaban J connectivity index is 1.36. The molecule has 3 heterocycles. The van der Waals surface area contributed by atoms with Gasteiger partial charge in [0.1, 0.15) is 10.8 Å². The maximum absolute atomic E-state index is 6.42. The highest BCUT2D eigenvalue weighted by Gasteiger charge is 2.21. The number of nitrogens with two attached hydrogens (primary N) is 1. The van der Waals surface area contributed by atoms with E-state index < -0.39 is 0 Å². The smallest absolute Gasteiger partial charge is 0.128 e. The first kappa shape index (κ1) is 15.5. The molecule has 0 aliphatic carbocycles. The molecule has 0 spiro atoms. The fraction of sp³-hybridized carbons (Fsp3) is 0.333. The number of benzene rings is 1. The van der Waals surface area contributed by atoms with Crippen LogP contribution in [-0.2, 0) is 0 Å². The Hall–Kier alpha value is -2.02. The number of aromatic nitrogens is 2. The van der Waals surface area contributed by atoms with Gasteiger partial charge in [0.25, 0.3) is 0 Å². The minimum atomic E-state index is -0.0243. The summed E-state index contributed by atoms with van der Waals surface area (Å²) in [6.07, 6.45) is 1.85. The van der Waals surface area contributed by atoms with Crippen molar-refractivity contribution in [2.45, 2.75) is 6.04 Å². The van der Waals surface area contributed by atoms with Crippen LogP contribution in [0.4, 0.5) is 5.82 Å². The second-order valence-electron chi connectivity index (χ2n) is 6.10. The molecule has 2 N–H and O–H groups in total. The van der Waals surface area contributed by atoms with Crippen LogP contribution in [0.2, 0.25) is 0 Å². The van der Waals surface area contributed by atoms with Crippen LogP contribution in [0.1, 0.15) is 11.0 Å². The zero-order chi connectivity index (χ0) is 16.4. The molecule has 0 bridgehead atoms. The molecule has 24 heavy (non-hydrogen) atoms. The molecule has 0 saturated carbocycles. The van der Waals surface area contributed by atoms with Gasteiger partial charge in [-0.1, -0.05) is 18.2 Å². The molecule has 1 atom stereocenters. The molecular weight excluding hydrogens is 318 g/mol. The van der Waals surface area contributed by atoms with Crippen molar-refractivity contribution in [1.82, 2.24) is 14.9 Å². The SMILES string of the molecule is NC(CN1CCN(c2ccccn2)CC1)c1nc2ccccc2s1. The van der Waals surface area contributed by atoms with Crippen LogP contribution in [0.25, 0.3) is 10.2 Å². The van der Waals surface area contributed by atoms with Gasteiger partial charge in [0.05, 0.1) is 16.3 Å². The van der Waals surface area contributed by atoms with Crippen molar-refractivity contribution in [2.24, 2.45) is 5.73 Å². The second kappa shape index (κ2) is 6.84. The molecule has 1 aliphatic heterocycles. The monoisotopic (exact) mass is 339 g/mol. The number of fused-ring (bicyclic) bond motifs is 1. The van der Waals surface area contributed by atoms with Crippen LogP contribution in [-0.4, -0.2) is 47.6 Å². The molecule has 1 aromatic carbocycles. The summed E-state index contributed by atoms with van der Waals surface area (Å²) in [5.41, 5.74) is 7.46. The van der Waals surface area contributed by atoms with Crippen LogP contribution in [0.3, 0.4) is 0 Å². The predicted molar refractivity (Wildman–Crippen MR) is 99.4 cm³/mol. The van der Waals surface area contributed by atoms with Gasteiger partial charge in [-0.05, 0) is 24.3 Å². The van der Waals surface area contributed by atoms with E-state index in [2.05, 4.69) is 31.9 Å². The van der Waals surface area contributed by atoms with Crippen molar-refractivity contribution in [1.29, 1.82) is 0 Å². The van der Waals surface area contributed by atoms with Crippen LogP contribution in [0, 0.1) is 0 Å². The van der Waals surface area contributed by atoms with E-state index in [0.717, 1.165) is 49.1 Å². The molecule has 0 amide bonds. The van der Waals surface area contributed by atoms with E-state index in [0.29, 0.717) is 0 Å². The average Bonchev–Trinajstić information content (AvgIpc) is 3.07. The topological polar surface area (TPSA) is 58.3 Å². The number of hydrogen-bond acceptors (Lipinski definition) is 6. The first-order valence-corrected chi connectivity index (χ1v) is 9.10. The summed E-state index contributed by atoms with van der Waals surface area (Å²) in [6.45, 7) is 4.85. The Kier molecular flexibility index (Phi) is 4.42. The number of para-hydroxylation sites is 1. The lowest BCUT2D eigenvalue weighted by molar-refractivity contribution is 0.243. The lowest BCUT2D eigenvalue weighted by Crippen LogP contribution is -2.48. The minimum absolute atomic E-state index is 0.0243. The molecule has 1 aliphatic rings. The maximum atomic E-state index is 6.42. The Morgan fingerprint density at radius 2 is 1.83 bits per heavy atom. The zero-order valence-electron chi connectivity index (χ0n) is 13.5. The number of piperazine rings is 1. The van der Waals surface area contributed by atoms with Gasteiger partial charge in [-0.3, -0.25) is 4.90 Å². The van der Waals surface area contributed by atoms with Crippen LogP contribution >= 0.6 is 11.3 Å². The van der Waals surface area contributed by atoms with Gasteiger partial charge in [0.15, 0.2) is 0 Å². The molecule has 4 rings (SSSR count). The van der Waals surface area contributed by atoms with Gasteiger partial charge in [-0.2, -0.15) is 0 Å². The lowest BCUT2D eigenvalue weighted by atomic mass is 10.2. The largest absolute Gasteiger partial charge is 0.354 e. The molecular formula is C18H21N5S. The quantitative estimate of drug-likeness (QED) is 0.791. The molecule has 3 aromatic rings. The van der Waals surface area contributed by atoms with Crippen LogP contribution in [0.15, 0.2) is 48.7 Å². The Bertz CT molecular complexity index is 762. The number of rotatable bonds is 4. The number of nitrogens with zero attached hydrogens (tertiary/aromatic N) is 4. The molecule has 1 fully saturated rings. The maximum Gasteiger partial charge on any atom is 0.128 e. The fourth-order valence-electron chi connectivity index (χ4n) is 3.11. The van der Waals surface area contributed by atoms with E-state index in [1.807, 2.05) is 36.5 Å².